The molecule has 102 valence electrons. The van der Waals surface area contributed by atoms with Crippen LogP contribution < -0.4 is 11.1 Å². The normalized spacial score (nSPS) is 10.1. The lowest BCUT2D eigenvalue weighted by Gasteiger charge is -2.06. The van der Waals surface area contributed by atoms with Crippen LogP contribution in [0.1, 0.15) is 26.4 Å². The number of rotatable bonds is 2. The number of nitrogens with zero attached hydrogens (tertiary/aromatic N) is 1. The minimum atomic E-state index is -0.290. The van der Waals surface area contributed by atoms with Crippen LogP contribution in [-0.2, 0) is 0 Å². The molecule has 1 heterocycles. The van der Waals surface area contributed by atoms with Gasteiger partial charge in [-0.2, -0.15) is 5.26 Å². The van der Waals surface area contributed by atoms with Gasteiger partial charge >= 0.3 is 0 Å². The number of nitrogens with two attached hydrogens (primary N) is 1. The summed E-state index contributed by atoms with van der Waals surface area (Å²) in [6.45, 7) is 3.80. The molecule has 6 heteroatoms. The van der Waals surface area contributed by atoms with E-state index in [9.17, 15) is 10.1 Å². The second kappa shape index (κ2) is 5.65. The predicted octanol–water partition coefficient (Wildman–Crippen LogP) is 3.83. The SMILES string of the molecule is Cc1sc(NC(=O)c2cc(N)ccc2Br)c(C#N)c1C. The van der Waals surface area contributed by atoms with E-state index in [1.807, 2.05) is 13.8 Å². The number of benzene rings is 1. The molecule has 0 aliphatic heterocycles. The van der Waals surface area contributed by atoms with Crippen LogP contribution in [0.2, 0.25) is 0 Å². The zero-order valence-corrected chi connectivity index (χ0v) is 13.4. The number of aryl methyl sites for hydroxylation is 1. The van der Waals surface area contributed by atoms with Crippen molar-refractivity contribution in [3.05, 3.63) is 44.2 Å². The Morgan fingerprint density at radius 1 is 1.45 bits per heavy atom. The van der Waals surface area contributed by atoms with Gasteiger partial charge in [0.2, 0.25) is 0 Å². The largest absolute Gasteiger partial charge is 0.399 e. The van der Waals surface area contributed by atoms with Crippen molar-refractivity contribution in [2.24, 2.45) is 0 Å². The highest BCUT2D eigenvalue weighted by atomic mass is 79.9. The number of nitrogens with one attached hydrogen (secondary N) is 1. The van der Waals surface area contributed by atoms with Crippen molar-refractivity contribution < 1.29 is 4.79 Å². The number of hydrogen-bond donors (Lipinski definition) is 2. The molecule has 0 aliphatic rings. The molecule has 1 aromatic carbocycles. The van der Waals surface area contributed by atoms with Crippen LogP contribution in [-0.4, -0.2) is 5.91 Å². The standard InChI is InChI=1S/C14H12BrN3OS/c1-7-8(2)20-14(11(7)6-16)18-13(19)10-5-9(17)3-4-12(10)15/h3-5H,17H2,1-2H3,(H,18,19). The Balaban J connectivity index is 2.36. The number of anilines is 2. The fraction of sp³-hybridized carbons (Fsp3) is 0.143. The quantitative estimate of drug-likeness (QED) is 0.808. The number of thiophene rings is 1. The summed E-state index contributed by atoms with van der Waals surface area (Å²) in [5.41, 5.74) is 8.06. The smallest absolute Gasteiger partial charge is 0.257 e. The Labute approximate surface area is 129 Å². The minimum absolute atomic E-state index is 0.290. The number of halogens is 1. The van der Waals surface area contributed by atoms with E-state index in [-0.39, 0.29) is 5.91 Å². The van der Waals surface area contributed by atoms with Gasteiger partial charge in [-0.25, -0.2) is 0 Å². The fourth-order valence-corrected chi connectivity index (χ4v) is 3.17. The first-order valence-corrected chi connectivity index (χ1v) is 7.41. The average Bonchev–Trinajstić information content (AvgIpc) is 2.67. The van der Waals surface area contributed by atoms with Gasteiger partial charge in [0.15, 0.2) is 0 Å². The highest BCUT2D eigenvalue weighted by molar-refractivity contribution is 9.10. The molecule has 0 fully saturated rings. The first-order chi connectivity index (χ1) is 9.43. The van der Waals surface area contributed by atoms with Gasteiger partial charge in [-0.3, -0.25) is 4.79 Å². The lowest BCUT2D eigenvalue weighted by molar-refractivity contribution is 0.102. The third kappa shape index (κ3) is 2.69. The number of carbonyl (C=O) groups excluding carboxylic acids is 1. The molecule has 0 saturated carbocycles. The van der Waals surface area contributed by atoms with Gasteiger partial charge in [0, 0.05) is 15.0 Å². The van der Waals surface area contributed by atoms with Crippen molar-refractivity contribution in [1.82, 2.24) is 0 Å². The average molecular weight is 350 g/mol. The lowest BCUT2D eigenvalue weighted by atomic mass is 10.1. The van der Waals surface area contributed by atoms with Crippen LogP contribution >= 0.6 is 27.3 Å². The molecule has 0 radical (unpaired) electrons. The summed E-state index contributed by atoms with van der Waals surface area (Å²) in [6, 6.07) is 7.15. The van der Waals surface area contributed by atoms with Crippen molar-refractivity contribution in [3.8, 4) is 6.07 Å². The van der Waals surface area contributed by atoms with E-state index in [1.165, 1.54) is 11.3 Å². The predicted molar refractivity (Wildman–Crippen MR) is 85.0 cm³/mol. The fourth-order valence-electron chi connectivity index (χ4n) is 1.74. The van der Waals surface area contributed by atoms with E-state index in [0.29, 0.717) is 26.3 Å². The summed E-state index contributed by atoms with van der Waals surface area (Å²) in [4.78, 5) is 13.3. The van der Waals surface area contributed by atoms with E-state index in [0.717, 1.165) is 10.4 Å². The first-order valence-electron chi connectivity index (χ1n) is 5.80. The summed E-state index contributed by atoms with van der Waals surface area (Å²) in [5.74, 6) is -0.290. The van der Waals surface area contributed by atoms with E-state index < -0.39 is 0 Å². The Morgan fingerprint density at radius 2 is 2.15 bits per heavy atom. The van der Waals surface area contributed by atoms with Crippen LogP contribution in [0.25, 0.3) is 0 Å². The third-order valence-corrected chi connectivity index (χ3v) is 4.77. The molecule has 2 rings (SSSR count). The zero-order chi connectivity index (χ0) is 14.9. The molecule has 4 nitrogen and oxygen atoms in total. The zero-order valence-electron chi connectivity index (χ0n) is 11.0. The molecule has 3 N–H and O–H groups in total. The molecule has 1 amide bonds. The second-order valence-corrected chi connectivity index (χ2v) is 6.37. The summed E-state index contributed by atoms with van der Waals surface area (Å²) in [7, 11) is 0. The van der Waals surface area contributed by atoms with Crippen LogP contribution in [0.3, 0.4) is 0 Å². The van der Waals surface area contributed by atoms with Crippen LogP contribution in [0, 0.1) is 25.2 Å². The molecule has 0 aliphatic carbocycles. The molecular formula is C14H12BrN3OS. The Hall–Kier alpha value is -1.84. The molecule has 0 saturated heterocycles. The molecule has 0 atom stereocenters. The Kier molecular flexibility index (Phi) is 4.12. The van der Waals surface area contributed by atoms with Crippen molar-refractivity contribution in [1.29, 1.82) is 5.26 Å². The summed E-state index contributed by atoms with van der Waals surface area (Å²) in [6.07, 6.45) is 0. The van der Waals surface area contributed by atoms with Gasteiger partial charge in [-0.15, -0.1) is 11.3 Å². The number of nitriles is 1. The third-order valence-electron chi connectivity index (χ3n) is 2.96. The number of amides is 1. The molecule has 2 aromatic rings. The monoisotopic (exact) mass is 349 g/mol. The van der Waals surface area contributed by atoms with Crippen molar-refractivity contribution in [3.63, 3.8) is 0 Å². The molecule has 20 heavy (non-hydrogen) atoms. The van der Waals surface area contributed by atoms with Gasteiger partial charge in [0.25, 0.3) is 5.91 Å². The van der Waals surface area contributed by atoms with Gasteiger partial charge in [-0.1, -0.05) is 0 Å². The van der Waals surface area contributed by atoms with Gasteiger partial charge in [0.05, 0.1) is 11.1 Å². The maximum Gasteiger partial charge on any atom is 0.257 e. The maximum absolute atomic E-state index is 12.3. The van der Waals surface area contributed by atoms with Crippen molar-refractivity contribution in [2.75, 3.05) is 11.1 Å². The maximum atomic E-state index is 12.3. The van der Waals surface area contributed by atoms with Crippen LogP contribution in [0.4, 0.5) is 10.7 Å². The molecule has 0 spiro atoms. The van der Waals surface area contributed by atoms with E-state index in [2.05, 4.69) is 27.3 Å². The second-order valence-electron chi connectivity index (χ2n) is 4.29. The van der Waals surface area contributed by atoms with E-state index in [1.54, 1.807) is 18.2 Å². The minimum Gasteiger partial charge on any atom is -0.399 e. The van der Waals surface area contributed by atoms with Gasteiger partial charge in [0.1, 0.15) is 11.1 Å². The first kappa shape index (κ1) is 14.6. The Bertz CT molecular complexity index is 731. The molecule has 0 unspecified atom stereocenters. The van der Waals surface area contributed by atoms with Crippen molar-refractivity contribution >= 4 is 43.9 Å². The highest BCUT2D eigenvalue weighted by Crippen LogP contribution is 2.32. The van der Waals surface area contributed by atoms with Gasteiger partial charge < -0.3 is 11.1 Å². The topological polar surface area (TPSA) is 78.9 Å². The molecular weight excluding hydrogens is 338 g/mol. The Morgan fingerprint density at radius 3 is 2.80 bits per heavy atom. The van der Waals surface area contributed by atoms with Crippen LogP contribution in [0.5, 0.6) is 0 Å². The molecule has 1 aromatic heterocycles. The number of hydrogen-bond acceptors (Lipinski definition) is 4. The lowest BCUT2D eigenvalue weighted by Crippen LogP contribution is -2.12. The number of nitrogen functional groups attached to an aromatic ring is 1. The van der Waals surface area contributed by atoms with Gasteiger partial charge in [-0.05, 0) is 53.5 Å². The van der Waals surface area contributed by atoms with E-state index in [4.69, 9.17) is 5.73 Å². The molecule has 0 bridgehead atoms. The number of carbonyl (C=O) groups is 1. The summed E-state index contributed by atoms with van der Waals surface area (Å²) >= 11 is 4.72. The van der Waals surface area contributed by atoms with Crippen molar-refractivity contribution in [2.45, 2.75) is 13.8 Å². The summed E-state index contributed by atoms with van der Waals surface area (Å²) < 4.78 is 0.660. The highest BCUT2D eigenvalue weighted by Gasteiger charge is 2.17. The summed E-state index contributed by atoms with van der Waals surface area (Å²) in [5, 5.41) is 12.5. The van der Waals surface area contributed by atoms with E-state index >= 15 is 0 Å². The van der Waals surface area contributed by atoms with Crippen LogP contribution in [0.15, 0.2) is 22.7 Å².